The molecule has 6 aromatic carbocycles. The second kappa shape index (κ2) is 8.54. The summed E-state index contributed by atoms with van der Waals surface area (Å²) in [5.41, 5.74) is 9.68. The maximum absolute atomic E-state index is 6.59. The quantitative estimate of drug-likeness (QED) is 0.208. The first kappa shape index (κ1) is 23.1. The first-order valence-corrected chi connectivity index (χ1v) is 15.3. The lowest BCUT2D eigenvalue weighted by Gasteiger charge is -2.13. The minimum atomic E-state index is 0.908. The molecule has 200 valence electrons. The Morgan fingerprint density at radius 2 is 1.33 bits per heavy atom. The van der Waals surface area contributed by atoms with Crippen LogP contribution in [0, 0.1) is 0 Å². The number of thiophene rings is 1. The van der Waals surface area contributed by atoms with Gasteiger partial charge in [0.25, 0.3) is 0 Å². The van der Waals surface area contributed by atoms with Gasteiger partial charge in [0.05, 0.1) is 26.8 Å². The van der Waals surface area contributed by atoms with Crippen molar-refractivity contribution in [1.82, 2.24) is 9.55 Å². The van der Waals surface area contributed by atoms with Crippen LogP contribution in [0.15, 0.2) is 138 Å². The van der Waals surface area contributed by atoms with Crippen LogP contribution >= 0.6 is 11.3 Å². The molecule has 0 amide bonds. The largest absolute Gasteiger partial charge is 0.454 e. The molecule has 0 aliphatic rings. The van der Waals surface area contributed by atoms with Crippen molar-refractivity contribution in [3.63, 3.8) is 0 Å². The Kier molecular flexibility index (Phi) is 4.60. The standard InChI is InChI=1S/C39H22N2OS/c1-5-16-31-29(14-1)35(39-36(40-31)30-15-4-8-19-34(30)43-39)23-10-9-11-24(22-23)41-32-17-6-2-12-25(32)27-20-21-28-26-13-3-7-18-33(26)42-38(28)37(27)41/h1-22H. The Hall–Kier alpha value is -5.45. The SMILES string of the molecule is c1cc(-c2c3ccccc3nc3c2sc2ccccc23)cc(-n2c3ccccc3c3ccc4c5ccccc5oc4c32)c1. The summed E-state index contributed by atoms with van der Waals surface area (Å²) < 4.78 is 11.5. The fraction of sp³-hybridized carbons (Fsp3) is 0. The molecule has 0 N–H and O–H groups in total. The molecule has 0 saturated heterocycles. The van der Waals surface area contributed by atoms with Crippen molar-refractivity contribution in [3.8, 4) is 16.8 Å². The van der Waals surface area contributed by atoms with Gasteiger partial charge in [-0.2, -0.15) is 0 Å². The number of furan rings is 1. The number of para-hydroxylation sites is 3. The van der Waals surface area contributed by atoms with Crippen molar-refractivity contribution < 1.29 is 4.42 Å². The number of rotatable bonds is 2. The number of benzene rings is 6. The molecule has 0 unspecified atom stereocenters. The van der Waals surface area contributed by atoms with Gasteiger partial charge in [-0.05, 0) is 48.0 Å². The molecule has 10 aromatic rings. The minimum absolute atomic E-state index is 0.908. The molecule has 0 aliphatic heterocycles. The van der Waals surface area contributed by atoms with Crippen molar-refractivity contribution in [1.29, 1.82) is 0 Å². The summed E-state index contributed by atoms with van der Waals surface area (Å²) >= 11 is 1.83. The van der Waals surface area contributed by atoms with E-state index in [9.17, 15) is 0 Å². The van der Waals surface area contributed by atoms with Crippen molar-refractivity contribution in [3.05, 3.63) is 133 Å². The molecule has 0 saturated carbocycles. The molecule has 0 aliphatic carbocycles. The van der Waals surface area contributed by atoms with Crippen LogP contribution in [0.4, 0.5) is 0 Å². The van der Waals surface area contributed by atoms with Gasteiger partial charge in [-0.25, -0.2) is 4.98 Å². The third-order valence-electron chi connectivity index (χ3n) is 8.77. The highest BCUT2D eigenvalue weighted by Gasteiger charge is 2.20. The van der Waals surface area contributed by atoms with E-state index in [1.54, 1.807) is 0 Å². The van der Waals surface area contributed by atoms with Crippen LogP contribution in [0.2, 0.25) is 0 Å². The summed E-state index contributed by atoms with van der Waals surface area (Å²) in [6.07, 6.45) is 0. The van der Waals surface area contributed by atoms with Gasteiger partial charge in [0.15, 0.2) is 5.58 Å². The zero-order valence-electron chi connectivity index (χ0n) is 22.9. The summed E-state index contributed by atoms with van der Waals surface area (Å²) in [4.78, 5) is 5.15. The van der Waals surface area contributed by atoms with Crippen LogP contribution in [-0.4, -0.2) is 9.55 Å². The Morgan fingerprint density at radius 1 is 0.581 bits per heavy atom. The number of pyridine rings is 1. The van der Waals surface area contributed by atoms with Crippen LogP contribution < -0.4 is 0 Å². The lowest BCUT2D eigenvalue weighted by molar-refractivity contribution is 0.671. The molecule has 0 radical (unpaired) electrons. The predicted molar refractivity (Wildman–Crippen MR) is 182 cm³/mol. The number of hydrogen-bond donors (Lipinski definition) is 0. The van der Waals surface area contributed by atoms with Crippen molar-refractivity contribution >= 4 is 86.3 Å². The molecular formula is C39H22N2OS. The third-order valence-corrected chi connectivity index (χ3v) is 9.95. The summed E-state index contributed by atoms with van der Waals surface area (Å²) in [5.74, 6) is 0. The monoisotopic (exact) mass is 566 g/mol. The van der Waals surface area contributed by atoms with Crippen LogP contribution in [0.25, 0.3) is 91.8 Å². The smallest absolute Gasteiger partial charge is 0.160 e. The summed E-state index contributed by atoms with van der Waals surface area (Å²) in [7, 11) is 0. The Labute approximate surface area is 249 Å². The fourth-order valence-corrected chi connectivity index (χ4v) is 8.15. The Morgan fingerprint density at radius 3 is 2.26 bits per heavy atom. The van der Waals surface area contributed by atoms with Crippen LogP contribution in [-0.2, 0) is 0 Å². The number of nitrogens with zero attached hydrogens (tertiary/aromatic N) is 2. The van der Waals surface area contributed by atoms with Gasteiger partial charge in [-0.15, -0.1) is 11.3 Å². The second-order valence-electron chi connectivity index (χ2n) is 11.1. The zero-order chi connectivity index (χ0) is 28.1. The first-order chi connectivity index (χ1) is 21.3. The molecule has 10 rings (SSSR count). The van der Waals surface area contributed by atoms with E-state index < -0.39 is 0 Å². The van der Waals surface area contributed by atoms with Gasteiger partial charge >= 0.3 is 0 Å². The maximum Gasteiger partial charge on any atom is 0.160 e. The van der Waals surface area contributed by atoms with E-state index in [2.05, 4.69) is 132 Å². The topological polar surface area (TPSA) is 31.0 Å². The van der Waals surface area contributed by atoms with Gasteiger partial charge in [-0.3, -0.25) is 0 Å². The van der Waals surface area contributed by atoms with E-state index in [1.807, 2.05) is 17.4 Å². The Balaban J connectivity index is 1.33. The normalized spacial score (nSPS) is 12.2. The average Bonchev–Trinajstić information content (AvgIpc) is 3.73. The lowest BCUT2D eigenvalue weighted by atomic mass is 9.99. The predicted octanol–water partition coefficient (Wildman–Crippen LogP) is 11.3. The van der Waals surface area contributed by atoms with Gasteiger partial charge in [0.2, 0.25) is 0 Å². The van der Waals surface area contributed by atoms with Crippen LogP contribution in [0.3, 0.4) is 0 Å². The molecule has 4 aromatic heterocycles. The van der Waals surface area contributed by atoms with E-state index in [0.717, 1.165) is 49.7 Å². The van der Waals surface area contributed by atoms with Gasteiger partial charge in [-0.1, -0.05) is 91.0 Å². The van der Waals surface area contributed by atoms with E-state index >= 15 is 0 Å². The zero-order valence-corrected chi connectivity index (χ0v) is 23.7. The maximum atomic E-state index is 6.59. The first-order valence-electron chi connectivity index (χ1n) is 14.5. The molecule has 3 nitrogen and oxygen atoms in total. The lowest BCUT2D eigenvalue weighted by Crippen LogP contribution is -1.95. The molecule has 0 fully saturated rings. The third kappa shape index (κ3) is 3.16. The highest BCUT2D eigenvalue weighted by Crippen LogP contribution is 2.44. The number of hydrogen-bond acceptors (Lipinski definition) is 3. The van der Waals surface area contributed by atoms with E-state index in [0.29, 0.717) is 0 Å². The molecular weight excluding hydrogens is 545 g/mol. The number of fused-ring (bicyclic) bond motifs is 11. The van der Waals surface area contributed by atoms with Crippen LogP contribution in [0.5, 0.6) is 0 Å². The molecule has 4 heterocycles. The summed E-state index contributed by atoms with van der Waals surface area (Å²) in [5, 5.41) is 7.05. The molecule has 43 heavy (non-hydrogen) atoms. The Bertz CT molecular complexity index is 2740. The molecule has 0 bridgehead atoms. The van der Waals surface area contributed by atoms with Crippen molar-refractivity contribution in [2.45, 2.75) is 0 Å². The fourth-order valence-electron chi connectivity index (χ4n) is 6.92. The summed E-state index contributed by atoms with van der Waals surface area (Å²) in [6, 6.07) is 47.5. The van der Waals surface area contributed by atoms with Gasteiger partial charge in [0.1, 0.15) is 5.58 Å². The van der Waals surface area contributed by atoms with E-state index in [4.69, 9.17) is 9.40 Å². The molecule has 0 spiro atoms. The highest BCUT2D eigenvalue weighted by atomic mass is 32.1. The highest BCUT2D eigenvalue weighted by molar-refractivity contribution is 7.26. The molecule has 4 heteroatoms. The van der Waals surface area contributed by atoms with E-state index in [1.165, 1.54) is 42.1 Å². The number of aromatic nitrogens is 2. The minimum Gasteiger partial charge on any atom is -0.454 e. The van der Waals surface area contributed by atoms with E-state index in [-0.39, 0.29) is 0 Å². The van der Waals surface area contributed by atoms with Gasteiger partial charge < -0.3 is 8.98 Å². The average molecular weight is 567 g/mol. The van der Waals surface area contributed by atoms with Crippen molar-refractivity contribution in [2.75, 3.05) is 0 Å². The van der Waals surface area contributed by atoms with Crippen molar-refractivity contribution in [2.24, 2.45) is 0 Å². The van der Waals surface area contributed by atoms with Crippen LogP contribution in [0.1, 0.15) is 0 Å². The second-order valence-corrected chi connectivity index (χ2v) is 12.2. The molecule has 0 atom stereocenters. The van der Waals surface area contributed by atoms with Gasteiger partial charge in [0, 0.05) is 48.3 Å². The summed E-state index contributed by atoms with van der Waals surface area (Å²) in [6.45, 7) is 0.